The van der Waals surface area contributed by atoms with E-state index in [1.165, 1.54) is 5.39 Å². The highest BCUT2D eigenvalue weighted by Gasteiger charge is 2.20. The quantitative estimate of drug-likeness (QED) is 0.880. The monoisotopic (exact) mass is 242 g/mol. The molecule has 3 nitrogen and oxygen atoms in total. The molecule has 18 heavy (non-hydrogen) atoms. The molecular weight excluding hydrogens is 224 g/mol. The maximum Gasteiger partial charge on any atom is 0.221 e. The number of nitrogens with zero attached hydrogens (tertiary/aromatic N) is 1. The first-order valence-electron chi connectivity index (χ1n) is 6.59. The molecule has 1 saturated carbocycles. The van der Waals surface area contributed by atoms with Crippen molar-refractivity contribution in [1.82, 2.24) is 4.98 Å². The zero-order valence-corrected chi connectivity index (χ0v) is 10.4. The van der Waals surface area contributed by atoms with Crippen LogP contribution in [0.3, 0.4) is 0 Å². The lowest BCUT2D eigenvalue weighted by molar-refractivity contribution is 0.143. The fourth-order valence-corrected chi connectivity index (χ4v) is 2.55. The molecule has 3 rings (SSSR count). The summed E-state index contributed by atoms with van der Waals surface area (Å²) in [4.78, 5) is 4.37. The predicted molar refractivity (Wildman–Crippen MR) is 72.6 cm³/mol. The number of ether oxygens (including phenoxy) is 1. The average molecular weight is 242 g/mol. The fraction of sp³-hybridized carbons (Fsp3) is 0.400. The van der Waals surface area contributed by atoms with Crippen LogP contribution in [0.1, 0.15) is 25.7 Å². The lowest BCUT2D eigenvalue weighted by atomic mass is 9.94. The molecule has 0 unspecified atom stereocenters. The number of fused-ring (bicyclic) bond motifs is 1. The van der Waals surface area contributed by atoms with E-state index in [2.05, 4.69) is 17.1 Å². The summed E-state index contributed by atoms with van der Waals surface area (Å²) < 4.78 is 6.05. The van der Waals surface area contributed by atoms with Crippen LogP contribution in [0.15, 0.2) is 36.5 Å². The number of aromatic nitrogens is 1. The molecule has 1 aliphatic carbocycles. The number of nitrogens with two attached hydrogens (primary N) is 1. The van der Waals surface area contributed by atoms with Gasteiger partial charge in [-0.15, -0.1) is 0 Å². The molecule has 94 valence electrons. The van der Waals surface area contributed by atoms with Crippen LogP contribution in [0.2, 0.25) is 0 Å². The van der Waals surface area contributed by atoms with Crippen LogP contribution in [0.5, 0.6) is 5.88 Å². The molecule has 0 saturated heterocycles. The van der Waals surface area contributed by atoms with E-state index in [1.54, 1.807) is 0 Å². The maximum absolute atomic E-state index is 6.05. The fourth-order valence-electron chi connectivity index (χ4n) is 2.55. The Bertz CT molecular complexity index is 528. The van der Waals surface area contributed by atoms with Gasteiger partial charge >= 0.3 is 0 Å². The summed E-state index contributed by atoms with van der Waals surface area (Å²) >= 11 is 0. The summed E-state index contributed by atoms with van der Waals surface area (Å²) in [7, 11) is 0. The minimum atomic E-state index is 0.267. The molecule has 0 atom stereocenters. The SMILES string of the molecule is NC1CCC(Oc2nccc3ccccc23)CC1. The van der Waals surface area contributed by atoms with Crippen LogP contribution < -0.4 is 10.5 Å². The number of hydrogen-bond donors (Lipinski definition) is 1. The molecule has 1 heterocycles. The number of benzene rings is 1. The van der Waals surface area contributed by atoms with Crippen molar-refractivity contribution in [2.24, 2.45) is 5.73 Å². The van der Waals surface area contributed by atoms with E-state index in [0.29, 0.717) is 6.04 Å². The van der Waals surface area contributed by atoms with Gasteiger partial charge in [0.2, 0.25) is 5.88 Å². The van der Waals surface area contributed by atoms with Crippen molar-refractivity contribution in [3.63, 3.8) is 0 Å². The topological polar surface area (TPSA) is 48.1 Å². The van der Waals surface area contributed by atoms with Gasteiger partial charge in [-0.2, -0.15) is 0 Å². The second-order valence-corrected chi connectivity index (χ2v) is 4.99. The lowest BCUT2D eigenvalue weighted by Crippen LogP contribution is -2.31. The summed E-state index contributed by atoms with van der Waals surface area (Å²) in [5, 5.41) is 2.27. The molecule has 0 spiro atoms. The number of hydrogen-bond acceptors (Lipinski definition) is 3. The molecule has 1 aromatic carbocycles. The third kappa shape index (κ3) is 2.31. The van der Waals surface area contributed by atoms with E-state index in [1.807, 2.05) is 24.4 Å². The van der Waals surface area contributed by atoms with Gasteiger partial charge in [0, 0.05) is 17.6 Å². The molecule has 0 bridgehead atoms. The zero-order valence-electron chi connectivity index (χ0n) is 10.4. The second-order valence-electron chi connectivity index (χ2n) is 4.99. The van der Waals surface area contributed by atoms with Gasteiger partial charge in [-0.3, -0.25) is 0 Å². The van der Waals surface area contributed by atoms with E-state index in [4.69, 9.17) is 10.5 Å². The molecule has 0 aliphatic heterocycles. The summed E-state index contributed by atoms with van der Waals surface area (Å²) in [5.74, 6) is 0.758. The Morgan fingerprint density at radius 3 is 2.67 bits per heavy atom. The smallest absolute Gasteiger partial charge is 0.221 e. The minimum absolute atomic E-state index is 0.267. The Morgan fingerprint density at radius 2 is 1.83 bits per heavy atom. The standard InChI is InChI=1S/C15H18N2O/c16-12-5-7-13(8-6-12)18-15-14-4-2-1-3-11(14)9-10-17-15/h1-4,9-10,12-13H,5-8,16H2. The van der Waals surface area contributed by atoms with Crippen LogP contribution in [-0.4, -0.2) is 17.1 Å². The molecule has 1 aromatic heterocycles. The predicted octanol–water partition coefficient (Wildman–Crippen LogP) is 2.88. The van der Waals surface area contributed by atoms with Crippen molar-refractivity contribution < 1.29 is 4.74 Å². The van der Waals surface area contributed by atoms with Gasteiger partial charge in [0.05, 0.1) is 0 Å². The molecule has 1 fully saturated rings. The first kappa shape index (κ1) is 11.5. The normalized spacial score (nSPS) is 24.1. The first-order valence-corrected chi connectivity index (χ1v) is 6.59. The lowest BCUT2D eigenvalue weighted by Gasteiger charge is -2.26. The van der Waals surface area contributed by atoms with E-state index in [-0.39, 0.29) is 6.10 Å². The van der Waals surface area contributed by atoms with Gasteiger partial charge < -0.3 is 10.5 Å². The number of rotatable bonds is 2. The largest absolute Gasteiger partial charge is 0.474 e. The highest BCUT2D eigenvalue weighted by Crippen LogP contribution is 2.27. The molecule has 2 N–H and O–H groups in total. The number of pyridine rings is 1. The van der Waals surface area contributed by atoms with Gasteiger partial charge in [-0.1, -0.05) is 18.2 Å². The van der Waals surface area contributed by atoms with Crippen molar-refractivity contribution in [2.75, 3.05) is 0 Å². The van der Waals surface area contributed by atoms with Crippen LogP contribution in [0.25, 0.3) is 10.8 Å². The third-order valence-electron chi connectivity index (χ3n) is 3.63. The van der Waals surface area contributed by atoms with Crippen molar-refractivity contribution in [3.05, 3.63) is 36.5 Å². The molecule has 3 heteroatoms. The van der Waals surface area contributed by atoms with Crippen molar-refractivity contribution in [2.45, 2.75) is 37.8 Å². The maximum atomic E-state index is 6.05. The summed E-state index contributed by atoms with van der Waals surface area (Å²) in [6, 6.07) is 10.6. The third-order valence-corrected chi connectivity index (χ3v) is 3.63. The highest BCUT2D eigenvalue weighted by atomic mass is 16.5. The second kappa shape index (κ2) is 4.94. The summed E-state index contributed by atoms with van der Waals surface area (Å²) in [6.45, 7) is 0. The minimum Gasteiger partial charge on any atom is -0.474 e. The van der Waals surface area contributed by atoms with Crippen LogP contribution in [0, 0.1) is 0 Å². The molecule has 2 aromatic rings. The Morgan fingerprint density at radius 1 is 1.06 bits per heavy atom. The van der Waals surface area contributed by atoms with Crippen molar-refractivity contribution in [1.29, 1.82) is 0 Å². The Kier molecular flexibility index (Phi) is 3.15. The van der Waals surface area contributed by atoms with Gasteiger partial charge in [0.25, 0.3) is 0 Å². The zero-order chi connectivity index (χ0) is 12.4. The Hall–Kier alpha value is -1.61. The van der Waals surface area contributed by atoms with Gasteiger partial charge in [0.1, 0.15) is 6.10 Å². The summed E-state index contributed by atoms with van der Waals surface area (Å²) in [5.41, 5.74) is 5.91. The van der Waals surface area contributed by atoms with E-state index in [9.17, 15) is 0 Å². The van der Waals surface area contributed by atoms with Gasteiger partial charge in [0.15, 0.2) is 0 Å². The molecule has 0 amide bonds. The van der Waals surface area contributed by atoms with Crippen LogP contribution in [0.4, 0.5) is 0 Å². The van der Waals surface area contributed by atoms with Gasteiger partial charge in [-0.25, -0.2) is 4.98 Å². The first-order chi connectivity index (χ1) is 8.83. The Balaban J connectivity index is 1.82. The summed E-state index contributed by atoms with van der Waals surface area (Å²) in [6.07, 6.45) is 6.25. The van der Waals surface area contributed by atoms with E-state index in [0.717, 1.165) is 36.9 Å². The van der Waals surface area contributed by atoms with Crippen molar-refractivity contribution >= 4 is 10.8 Å². The van der Waals surface area contributed by atoms with Crippen LogP contribution in [-0.2, 0) is 0 Å². The van der Waals surface area contributed by atoms with Gasteiger partial charge in [-0.05, 0) is 43.2 Å². The Labute approximate surface area is 107 Å². The van der Waals surface area contributed by atoms with E-state index < -0.39 is 0 Å². The van der Waals surface area contributed by atoms with E-state index >= 15 is 0 Å². The highest BCUT2D eigenvalue weighted by molar-refractivity contribution is 5.86. The van der Waals surface area contributed by atoms with Crippen LogP contribution >= 0.6 is 0 Å². The molecular formula is C15H18N2O. The average Bonchev–Trinajstić information content (AvgIpc) is 2.42. The molecule has 0 radical (unpaired) electrons. The van der Waals surface area contributed by atoms with Crippen molar-refractivity contribution in [3.8, 4) is 5.88 Å². The molecule has 1 aliphatic rings.